The maximum Gasteiger partial charge on any atom is 0.356 e. The third-order valence-electron chi connectivity index (χ3n) is 6.52. The van der Waals surface area contributed by atoms with Crippen LogP contribution in [0.5, 0.6) is 0 Å². The predicted molar refractivity (Wildman–Crippen MR) is 160 cm³/mol. The zero-order valence-corrected chi connectivity index (χ0v) is 23.5. The summed E-state index contributed by atoms with van der Waals surface area (Å²) in [5.41, 5.74) is 2.22. The van der Waals surface area contributed by atoms with Crippen LogP contribution in [0, 0.1) is 6.92 Å². The Labute approximate surface area is 241 Å². The molecule has 5 aromatic rings. The first-order chi connectivity index (χ1) is 20.1. The molecule has 0 saturated carbocycles. The Balaban J connectivity index is 1.33. The van der Waals surface area contributed by atoms with Crippen LogP contribution in [0.4, 0.5) is 11.5 Å². The van der Waals surface area contributed by atoms with Crippen molar-refractivity contribution in [2.75, 3.05) is 16.6 Å². The highest BCUT2D eigenvalue weighted by atomic mass is 32.2. The van der Waals surface area contributed by atoms with Crippen molar-refractivity contribution in [1.82, 2.24) is 9.55 Å². The molecule has 0 aliphatic heterocycles. The van der Waals surface area contributed by atoms with Gasteiger partial charge in [0.25, 0.3) is 21.5 Å². The summed E-state index contributed by atoms with van der Waals surface area (Å²) >= 11 is 0. The lowest BCUT2D eigenvalue weighted by molar-refractivity contribution is -0.119. The number of aromatic nitrogens is 2. The number of anilines is 2. The standard InChI is InChI=1S/C31H26N4O6S/c1-20-10-12-21(13-11-20)28-24-7-3-4-8-25(24)30(37)35(2)29(28)31(38)41-19-27(36)33-22-14-16-23(17-15-22)42(39,40)34-26-9-5-6-18-32-26/h3-18H,19H2,1-2H3,(H,32,34)(H,33,36). The molecule has 5 rings (SSSR count). The molecule has 0 aliphatic rings. The fraction of sp³-hybridized carbons (Fsp3) is 0.0968. The molecular formula is C31H26N4O6S. The number of rotatable bonds is 8. The van der Waals surface area contributed by atoms with Crippen LogP contribution in [0.3, 0.4) is 0 Å². The number of carbonyl (C=O) groups excluding carboxylic acids is 2. The van der Waals surface area contributed by atoms with Crippen LogP contribution in [0.1, 0.15) is 16.1 Å². The molecule has 0 unspecified atom stereocenters. The predicted octanol–water partition coefficient (Wildman–Crippen LogP) is 4.51. The molecule has 0 saturated heterocycles. The Kier molecular flexibility index (Phi) is 7.85. The Morgan fingerprint density at radius 2 is 1.55 bits per heavy atom. The number of hydrogen-bond acceptors (Lipinski definition) is 7. The van der Waals surface area contributed by atoms with E-state index in [1.807, 2.05) is 31.2 Å². The largest absolute Gasteiger partial charge is 0.451 e. The van der Waals surface area contributed by atoms with Crippen LogP contribution in [-0.4, -0.2) is 36.5 Å². The van der Waals surface area contributed by atoms with Gasteiger partial charge in [-0.05, 0) is 60.3 Å². The number of carbonyl (C=O) groups is 2. The Bertz CT molecular complexity index is 1950. The lowest BCUT2D eigenvalue weighted by atomic mass is 9.96. The van der Waals surface area contributed by atoms with Gasteiger partial charge in [0.05, 0.1) is 4.90 Å². The molecule has 0 aliphatic carbocycles. The molecule has 10 nitrogen and oxygen atoms in total. The molecule has 2 aromatic heterocycles. The molecule has 0 fully saturated rings. The van der Waals surface area contributed by atoms with Gasteiger partial charge >= 0.3 is 5.97 Å². The van der Waals surface area contributed by atoms with Gasteiger partial charge in [-0.3, -0.25) is 14.3 Å². The monoisotopic (exact) mass is 582 g/mol. The minimum atomic E-state index is -3.89. The average molecular weight is 583 g/mol. The summed E-state index contributed by atoms with van der Waals surface area (Å²) in [7, 11) is -2.40. The number of ether oxygens (including phenoxy) is 1. The first-order valence-electron chi connectivity index (χ1n) is 12.8. The molecule has 11 heteroatoms. The van der Waals surface area contributed by atoms with Gasteiger partial charge in [0.1, 0.15) is 11.5 Å². The van der Waals surface area contributed by atoms with E-state index in [0.29, 0.717) is 22.0 Å². The third-order valence-corrected chi connectivity index (χ3v) is 7.89. The van der Waals surface area contributed by atoms with E-state index < -0.39 is 28.5 Å². The first-order valence-corrected chi connectivity index (χ1v) is 14.3. The van der Waals surface area contributed by atoms with Crippen LogP contribution in [0.2, 0.25) is 0 Å². The zero-order chi connectivity index (χ0) is 29.9. The smallest absolute Gasteiger partial charge is 0.356 e. The second kappa shape index (κ2) is 11.7. The number of nitrogens with zero attached hydrogens (tertiary/aromatic N) is 2. The molecule has 0 atom stereocenters. The van der Waals surface area contributed by atoms with E-state index in [1.54, 1.807) is 36.4 Å². The van der Waals surface area contributed by atoms with E-state index in [0.717, 1.165) is 11.1 Å². The van der Waals surface area contributed by atoms with E-state index in [-0.39, 0.29) is 22.0 Å². The number of amides is 1. The molecule has 0 spiro atoms. The number of hydrogen-bond donors (Lipinski definition) is 2. The molecule has 3 aromatic carbocycles. The van der Waals surface area contributed by atoms with Crippen molar-refractivity contribution in [3.8, 4) is 11.1 Å². The second-order valence-electron chi connectivity index (χ2n) is 9.47. The Morgan fingerprint density at radius 1 is 0.881 bits per heavy atom. The minimum Gasteiger partial charge on any atom is -0.451 e. The maximum absolute atomic E-state index is 13.3. The van der Waals surface area contributed by atoms with Crippen LogP contribution in [0.15, 0.2) is 107 Å². The number of aryl methyl sites for hydroxylation is 1. The molecule has 0 bridgehead atoms. The summed E-state index contributed by atoms with van der Waals surface area (Å²) in [6.07, 6.45) is 1.46. The fourth-order valence-corrected chi connectivity index (χ4v) is 5.46. The minimum absolute atomic E-state index is 0.0188. The number of nitrogens with one attached hydrogen (secondary N) is 2. The number of esters is 1. The first kappa shape index (κ1) is 28.2. The van der Waals surface area contributed by atoms with Crippen molar-refractivity contribution < 1.29 is 22.7 Å². The highest BCUT2D eigenvalue weighted by Crippen LogP contribution is 2.31. The summed E-state index contributed by atoms with van der Waals surface area (Å²) in [4.78, 5) is 43.0. The molecule has 212 valence electrons. The van der Waals surface area contributed by atoms with Gasteiger partial charge in [0.2, 0.25) is 0 Å². The molecular weight excluding hydrogens is 556 g/mol. The SMILES string of the molecule is Cc1ccc(-c2c(C(=O)OCC(=O)Nc3ccc(S(=O)(=O)Nc4ccccn4)cc3)n(C)c(=O)c3ccccc23)cc1. The van der Waals surface area contributed by atoms with Gasteiger partial charge in [-0.1, -0.05) is 54.1 Å². The lowest BCUT2D eigenvalue weighted by Gasteiger charge is -2.17. The van der Waals surface area contributed by atoms with Gasteiger partial charge < -0.3 is 14.6 Å². The zero-order valence-electron chi connectivity index (χ0n) is 22.7. The number of fused-ring (bicyclic) bond motifs is 1. The number of pyridine rings is 2. The van der Waals surface area contributed by atoms with Crippen molar-refractivity contribution in [3.63, 3.8) is 0 Å². The van der Waals surface area contributed by atoms with E-state index in [4.69, 9.17) is 4.74 Å². The second-order valence-corrected chi connectivity index (χ2v) is 11.2. The normalized spacial score (nSPS) is 11.2. The molecule has 1 amide bonds. The third kappa shape index (κ3) is 5.91. The summed E-state index contributed by atoms with van der Waals surface area (Å²) in [5, 5.41) is 3.61. The summed E-state index contributed by atoms with van der Waals surface area (Å²) in [6.45, 7) is 1.32. The van der Waals surface area contributed by atoms with Crippen LogP contribution in [-0.2, 0) is 26.6 Å². The van der Waals surface area contributed by atoms with Gasteiger partial charge in [-0.2, -0.15) is 0 Å². The average Bonchev–Trinajstić information content (AvgIpc) is 2.99. The van der Waals surface area contributed by atoms with Crippen molar-refractivity contribution in [1.29, 1.82) is 0 Å². The van der Waals surface area contributed by atoms with Gasteiger partial charge in [-0.15, -0.1) is 0 Å². The molecule has 2 N–H and O–H groups in total. The van der Waals surface area contributed by atoms with Gasteiger partial charge in [0, 0.05) is 29.9 Å². The molecule has 0 radical (unpaired) electrons. The van der Waals surface area contributed by atoms with Crippen molar-refractivity contribution in [2.45, 2.75) is 11.8 Å². The summed E-state index contributed by atoms with van der Waals surface area (Å²) < 4.78 is 34.2. The number of benzene rings is 3. The lowest BCUT2D eigenvalue weighted by Crippen LogP contribution is -2.28. The van der Waals surface area contributed by atoms with Gasteiger partial charge in [-0.25, -0.2) is 18.2 Å². The van der Waals surface area contributed by atoms with Crippen molar-refractivity contribution in [3.05, 3.63) is 119 Å². The Hall–Kier alpha value is -5.29. The fourth-order valence-electron chi connectivity index (χ4n) is 4.45. The highest BCUT2D eigenvalue weighted by molar-refractivity contribution is 7.92. The van der Waals surface area contributed by atoms with Gasteiger partial charge in [0.15, 0.2) is 6.61 Å². The topological polar surface area (TPSA) is 136 Å². The van der Waals surface area contributed by atoms with Crippen LogP contribution < -0.4 is 15.6 Å². The van der Waals surface area contributed by atoms with E-state index in [2.05, 4.69) is 15.0 Å². The van der Waals surface area contributed by atoms with E-state index in [9.17, 15) is 22.8 Å². The molecule has 2 heterocycles. The van der Waals surface area contributed by atoms with Crippen LogP contribution >= 0.6 is 0 Å². The van der Waals surface area contributed by atoms with Crippen LogP contribution in [0.25, 0.3) is 21.9 Å². The summed E-state index contributed by atoms with van der Waals surface area (Å²) in [5.74, 6) is -1.31. The Morgan fingerprint density at radius 3 is 2.21 bits per heavy atom. The quantitative estimate of drug-likeness (QED) is 0.257. The van der Waals surface area contributed by atoms with E-state index >= 15 is 0 Å². The van der Waals surface area contributed by atoms with Crippen molar-refractivity contribution >= 4 is 44.2 Å². The van der Waals surface area contributed by atoms with Crippen molar-refractivity contribution in [2.24, 2.45) is 7.05 Å². The highest BCUT2D eigenvalue weighted by Gasteiger charge is 2.24. The van der Waals surface area contributed by atoms with E-state index in [1.165, 1.54) is 48.1 Å². The summed E-state index contributed by atoms with van der Waals surface area (Å²) in [6, 6.07) is 24.9. The number of sulfonamides is 1. The maximum atomic E-state index is 13.3. The molecule has 42 heavy (non-hydrogen) atoms.